The Morgan fingerprint density at radius 2 is 1.85 bits per heavy atom. The van der Waals surface area contributed by atoms with Gasteiger partial charge in [-0.2, -0.15) is 0 Å². The molecule has 2 aromatic carbocycles. The van der Waals surface area contributed by atoms with Crippen molar-refractivity contribution in [3.05, 3.63) is 89.2 Å². The monoisotopic (exact) mass is 392 g/mol. The number of rotatable bonds is 5. The summed E-state index contributed by atoms with van der Waals surface area (Å²) in [5.41, 5.74) is 4.23. The van der Waals surface area contributed by atoms with Crippen LogP contribution in [0.3, 0.4) is 0 Å². The number of aromatic nitrogens is 4. The van der Waals surface area contributed by atoms with Crippen LogP contribution in [-0.4, -0.2) is 19.7 Å². The molecule has 0 unspecified atom stereocenters. The zero-order valence-corrected chi connectivity index (χ0v) is 16.3. The molecule has 27 heavy (non-hydrogen) atoms. The maximum absolute atomic E-state index is 6.28. The molecule has 4 nitrogen and oxygen atoms in total. The molecule has 0 radical (unpaired) electrons. The summed E-state index contributed by atoms with van der Waals surface area (Å²) in [4.78, 5) is 4.22. The van der Waals surface area contributed by atoms with Gasteiger partial charge in [0, 0.05) is 28.7 Å². The first-order valence-corrected chi connectivity index (χ1v) is 9.88. The highest BCUT2D eigenvalue weighted by atomic mass is 35.5. The van der Waals surface area contributed by atoms with Crippen molar-refractivity contribution in [2.75, 3.05) is 0 Å². The van der Waals surface area contributed by atoms with Crippen LogP contribution in [0, 0.1) is 6.92 Å². The Morgan fingerprint density at radius 1 is 1.00 bits per heavy atom. The zero-order chi connectivity index (χ0) is 18.6. The molecule has 4 rings (SSSR count). The number of benzene rings is 2. The van der Waals surface area contributed by atoms with Crippen molar-refractivity contribution in [3.63, 3.8) is 0 Å². The Kier molecular flexibility index (Phi) is 5.23. The minimum atomic E-state index is 0.681. The van der Waals surface area contributed by atoms with Crippen molar-refractivity contribution < 1.29 is 0 Å². The topological polar surface area (TPSA) is 43.6 Å². The lowest BCUT2D eigenvalue weighted by atomic mass is 10.2. The van der Waals surface area contributed by atoms with Crippen molar-refractivity contribution in [2.24, 2.45) is 0 Å². The maximum atomic E-state index is 6.28. The molecule has 134 valence electrons. The van der Waals surface area contributed by atoms with Crippen LogP contribution in [0.4, 0.5) is 0 Å². The molecule has 0 spiro atoms. The third-order valence-corrected chi connectivity index (χ3v) is 5.41. The third kappa shape index (κ3) is 3.89. The van der Waals surface area contributed by atoms with Crippen LogP contribution in [0.5, 0.6) is 0 Å². The largest absolute Gasteiger partial charge is 0.270 e. The minimum Gasteiger partial charge on any atom is -0.270 e. The Morgan fingerprint density at radius 3 is 2.63 bits per heavy atom. The van der Waals surface area contributed by atoms with Crippen LogP contribution in [-0.2, 0) is 5.75 Å². The van der Waals surface area contributed by atoms with E-state index in [0.29, 0.717) is 5.02 Å². The molecular formula is C21H17ClN4S. The van der Waals surface area contributed by atoms with Gasteiger partial charge in [0.15, 0.2) is 11.0 Å². The first-order chi connectivity index (χ1) is 13.2. The predicted octanol–water partition coefficient (Wildman–Crippen LogP) is 5.58. The standard InChI is InChI=1S/C21H17ClN4S/c1-15-9-10-18(22)12-19(15)26-20(17-8-5-11-23-13-17)24-25-21(26)27-14-16-6-3-2-4-7-16/h2-13H,14H2,1H3. The summed E-state index contributed by atoms with van der Waals surface area (Å²) < 4.78 is 2.06. The van der Waals surface area contributed by atoms with Gasteiger partial charge in [0.2, 0.25) is 0 Å². The lowest BCUT2D eigenvalue weighted by Crippen LogP contribution is -2.02. The number of aryl methyl sites for hydroxylation is 1. The summed E-state index contributed by atoms with van der Waals surface area (Å²) in [7, 11) is 0. The number of thioether (sulfide) groups is 1. The molecule has 0 aliphatic heterocycles. The van der Waals surface area contributed by atoms with E-state index in [1.165, 1.54) is 5.56 Å². The molecule has 0 atom stereocenters. The normalized spacial score (nSPS) is 10.9. The number of pyridine rings is 1. The van der Waals surface area contributed by atoms with Gasteiger partial charge < -0.3 is 0 Å². The SMILES string of the molecule is Cc1ccc(Cl)cc1-n1c(SCc2ccccc2)nnc1-c1cccnc1. The van der Waals surface area contributed by atoms with Crippen molar-refractivity contribution in [2.45, 2.75) is 17.8 Å². The van der Waals surface area contributed by atoms with E-state index in [0.717, 1.165) is 33.5 Å². The number of hydrogen-bond donors (Lipinski definition) is 0. The summed E-state index contributed by atoms with van der Waals surface area (Å²) in [6.45, 7) is 2.06. The van der Waals surface area contributed by atoms with Crippen LogP contribution >= 0.6 is 23.4 Å². The summed E-state index contributed by atoms with van der Waals surface area (Å²) in [5.74, 6) is 1.56. The molecule has 0 fully saturated rings. The second-order valence-corrected chi connectivity index (χ2v) is 7.47. The van der Waals surface area contributed by atoms with Crippen LogP contribution in [0.1, 0.15) is 11.1 Å². The summed E-state index contributed by atoms with van der Waals surface area (Å²) >= 11 is 7.93. The minimum absolute atomic E-state index is 0.681. The zero-order valence-electron chi connectivity index (χ0n) is 14.7. The van der Waals surface area contributed by atoms with Crippen LogP contribution in [0.25, 0.3) is 17.1 Å². The molecule has 0 aliphatic rings. The Hall–Kier alpha value is -2.63. The Bertz CT molecular complexity index is 1050. The second kappa shape index (κ2) is 7.94. The lowest BCUT2D eigenvalue weighted by Gasteiger charge is -2.13. The van der Waals surface area contributed by atoms with Crippen LogP contribution in [0.2, 0.25) is 5.02 Å². The van der Waals surface area contributed by atoms with E-state index >= 15 is 0 Å². The van der Waals surface area contributed by atoms with Gasteiger partial charge in [0.05, 0.1) is 5.69 Å². The highest BCUT2D eigenvalue weighted by Crippen LogP contribution is 2.31. The van der Waals surface area contributed by atoms with E-state index in [4.69, 9.17) is 11.6 Å². The molecule has 0 amide bonds. The lowest BCUT2D eigenvalue weighted by molar-refractivity contribution is 0.880. The predicted molar refractivity (Wildman–Crippen MR) is 110 cm³/mol. The van der Waals surface area contributed by atoms with E-state index in [-0.39, 0.29) is 0 Å². The highest BCUT2D eigenvalue weighted by molar-refractivity contribution is 7.98. The molecule has 0 bridgehead atoms. The van der Waals surface area contributed by atoms with Gasteiger partial charge >= 0.3 is 0 Å². The number of hydrogen-bond acceptors (Lipinski definition) is 4. The molecule has 0 saturated carbocycles. The first-order valence-electron chi connectivity index (χ1n) is 8.51. The average Bonchev–Trinajstić information content (AvgIpc) is 3.13. The fourth-order valence-electron chi connectivity index (χ4n) is 2.81. The van der Waals surface area contributed by atoms with Gasteiger partial charge in [-0.25, -0.2) is 0 Å². The summed E-state index contributed by atoms with van der Waals surface area (Å²) in [6, 6.07) is 20.1. The molecule has 0 N–H and O–H groups in total. The van der Waals surface area contributed by atoms with Crippen molar-refractivity contribution in [1.82, 2.24) is 19.7 Å². The number of nitrogens with zero attached hydrogens (tertiary/aromatic N) is 4. The van der Waals surface area contributed by atoms with Gasteiger partial charge in [0.1, 0.15) is 0 Å². The summed E-state index contributed by atoms with van der Waals surface area (Å²) in [5, 5.41) is 10.4. The fourth-order valence-corrected chi connectivity index (χ4v) is 3.88. The van der Waals surface area contributed by atoms with Crippen molar-refractivity contribution in [3.8, 4) is 17.1 Å². The smallest absolute Gasteiger partial charge is 0.196 e. The highest BCUT2D eigenvalue weighted by Gasteiger charge is 2.18. The van der Waals surface area contributed by atoms with E-state index in [1.54, 1.807) is 24.2 Å². The van der Waals surface area contributed by atoms with E-state index in [9.17, 15) is 0 Å². The second-order valence-electron chi connectivity index (χ2n) is 6.09. The van der Waals surface area contributed by atoms with E-state index in [2.05, 4.69) is 38.8 Å². The van der Waals surface area contributed by atoms with Gasteiger partial charge in [-0.15, -0.1) is 10.2 Å². The maximum Gasteiger partial charge on any atom is 0.196 e. The molecule has 2 aromatic heterocycles. The van der Waals surface area contributed by atoms with Crippen LogP contribution in [0.15, 0.2) is 78.2 Å². The van der Waals surface area contributed by atoms with Crippen molar-refractivity contribution in [1.29, 1.82) is 0 Å². The Labute approximate surface area is 167 Å². The molecule has 4 aromatic rings. The third-order valence-electron chi connectivity index (χ3n) is 4.18. The molecular weight excluding hydrogens is 376 g/mol. The van der Waals surface area contributed by atoms with Gasteiger partial charge in [0.25, 0.3) is 0 Å². The van der Waals surface area contributed by atoms with Gasteiger partial charge in [-0.3, -0.25) is 9.55 Å². The molecule has 6 heteroatoms. The van der Waals surface area contributed by atoms with E-state index in [1.807, 2.05) is 48.5 Å². The molecule has 2 heterocycles. The van der Waals surface area contributed by atoms with Crippen molar-refractivity contribution >= 4 is 23.4 Å². The van der Waals surface area contributed by atoms with E-state index < -0.39 is 0 Å². The molecule has 0 saturated heterocycles. The van der Waals surface area contributed by atoms with Crippen LogP contribution < -0.4 is 0 Å². The number of halogens is 1. The Balaban J connectivity index is 1.80. The quantitative estimate of drug-likeness (QED) is 0.415. The van der Waals surface area contributed by atoms with Gasteiger partial charge in [-0.05, 0) is 42.3 Å². The van der Waals surface area contributed by atoms with Gasteiger partial charge in [-0.1, -0.05) is 59.8 Å². The summed E-state index contributed by atoms with van der Waals surface area (Å²) in [6.07, 6.45) is 3.55. The first kappa shape index (κ1) is 17.8. The fraction of sp³-hybridized carbons (Fsp3) is 0.0952. The molecule has 0 aliphatic carbocycles. The average molecular weight is 393 g/mol.